The van der Waals surface area contributed by atoms with Crippen molar-refractivity contribution in [2.45, 2.75) is 19.3 Å². The SMILES string of the molecule is C1=CC2=C3CCCC3CSCC2C=C1. The molecule has 1 aliphatic heterocycles. The summed E-state index contributed by atoms with van der Waals surface area (Å²) in [6, 6.07) is 0. The summed E-state index contributed by atoms with van der Waals surface area (Å²) in [6.07, 6.45) is 13.4. The highest BCUT2D eigenvalue weighted by molar-refractivity contribution is 7.99. The Kier molecular flexibility index (Phi) is 2.28. The predicted molar refractivity (Wildman–Crippen MR) is 63.5 cm³/mol. The van der Waals surface area contributed by atoms with Crippen molar-refractivity contribution >= 4 is 11.8 Å². The van der Waals surface area contributed by atoms with Gasteiger partial charge in [-0.05, 0) is 36.5 Å². The molecule has 1 heteroatoms. The van der Waals surface area contributed by atoms with Crippen molar-refractivity contribution in [1.82, 2.24) is 0 Å². The number of hydrogen-bond donors (Lipinski definition) is 0. The standard InChI is InChI=1S/C13H16S/c1-2-6-12-10(4-1)8-14-9-11-5-3-7-13(11)12/h1-2,4,6,10-11H,3,5,7-9H2. The van der Waals surface area contributed by atoms with Crippen molar-refractivity contribution in [3.63, 3.8) is 0 Å². The second-order valence-electron chi connectivity index (χ2n) is 4.46. The molecular weight excluding hydrogens is 188 g/mol. The maximum atomic E-state index is 2.38. The number of fused-ring (bicyclic) bond motifs is 2. The summed E-state index contributed by atoms with van der Waals surface area (Å²) in [5.41, 5.74) is 3.46. The molecule has 74 valence electrons. The Balaban J connectivity index is 2.03. The monoisotopic (exact) mass is 204 g/mol. The van der Waals surface area contributed by atoms with Crippen molar-refractivity contribution < 1.29 is 0 Å². The van der Waals surface area contributed by atoms with Crippen LogP contribution in [0, 0.1) is 11.8 Å². The Labute approximate surface area is 90.2 Å². The van der Waals surface area contributed by atoms with Crippen LogP contribution in [0.4, 0.5) is 0 Å². The summed E-state index contributed by atoms with van der Waals surface area (Å²) >= 11 is 2.15. The molecule has 1 saturated carbocycles. The Morgan fingerprint density at radius 3 is 3.21 bits per heavy atom. The van der Waals surface area contributed by atoms with Crippen LogP contribution in [0.5, 0.6) is 0 Å². The molecule has 0 nitrogen and oxygen atoms in total. The maximum Gasteiger partial charge on any atom is 0.0111 e. The quantitative estimate of drug-likeness (QED) is 0.581. The van der Waals surface area contributed by atoms with E-state index in [2.05, 4.69) is 36.1 Å². The van der Waals surface area contributed by atoms with E-state index >= 15 is 0 Å². The molecule has 0 bridgehead atoms. The van der Waals surface area contributed by atoms with Crippen molar-refractivity contribution in [3.05, 3.63) is 35.5 Å². The van der Waals surface area contributed by atoms with E-state index in [1.165, 1.54) is 30.8 Å². The van der Waals surface area contributed by atoms with Gasteiger partial charge >= 0.3 is 0 Å². The number of hydrogen-bond acceptors (Lipinski definition) is 1. The van der Waals surface area contributed by atoms with Gasteiger partial charge in [0.15, 0.2) is 0 Å². The molecule has 0 N–H and O–H groups in total. The van der Waals surface area contributed by atoms with E-state index in [1.807, 2.05) is 0 Å². The van der Waals surface area contributed by atoms with Gasteiger partial charge in [-0.2, -0.15) is 11.8 Å². The van der Waals surface area contributed by atoms with E-state index in [9.17, 15) is 0 Å². The van der Waals surface area contributed by atoms with Crippen LogP contribution in [0.25, 0.3) is 0 Å². The zero-order valence-electron chi connectivity index (χ0n) is 8.41. The zero-order valence-corrected chi connectivity index (χ0v) is 9.22. The highest BCUT2D eigenvalue weighted by Crippen LogP contribution is 2.42. The number of allylic oxidation sites excluding steroid dienone is 6. The first-order valence-corrected chi connectivity index (χ1v) is 6.76. The smallest absolute Gasteiger partial charge is 0.0111 e. The molecule has 3 rings (SSSR count). The first kappa shape index (κ1) is 8.84. The highest BCUT2D eigenvalue weighted by Gasteiger charge is 2.29. The van der Waals surface area contributed by atoms with Crippen LogP contribution in [0.15, 0.2) is 35.5 Å². The Hall–Kier alpha value is -0.430. The Morgan fingerprint density at radius 2 is 2.21 bits per heavy atom. The lowest BCUT2D eigenvalue weighted by molar-refractivity contribution is 0.703. The van der Waals surface area contributed by atoms with Crippen LogP contribution in [0.2, 0.25) is 0 Å². The molecular formula is C13H16S. The van der Waals surface area contributed by atoms with Gasteiger partial charge in [0.25, 0.3) is 0 Å². The first-order valence-electron chi connectivity index (χ1n) is 5.61. The van der Waals surface area contributed by atoms with Gasteiger partial charge < -0.3 is 0 Å². The minimum atomic E-state index is 0.725. The summed E-state index contributed by atoms with van der Waals surface area (Å²) < 4.78 is 0. The van der Waals surface area contributed by atoms with Gasteiger partial charge in [-0.15, -0.1) is 0 Å². The summed E-state index contributed by atoms with van der Waals surface area (Å²) in [7, 11) is 0. The van der Waals surface area contributed by atoms with E-state index in [0.717, 1.165) is 11.8 Å². The van der Waals surface area contributed by atoms with Gasteiger partial charge in [0.05, 0.1) is 0 Å². The minimum Gasteiger partial charge on any atom is -0.160 e. The first-order chi connectivity index (χ1) is 6.95. The van der Waals surface area contributed by atoms with Gasteiger partial charge in [-0.1, -0.05) is 29.9 Å². The van der Waals surface area contributed by atoms with E-state index in [-0.39, 0.29) is 0 Å². The predicted octanol–water partition coefficient (Wildman–Crippen LogP) is 3.57. The zero-order chi connectivity index (χ0) is 9.38. The average molecular weight is 204 g/mol. The second-order valence-corrected chi connectivity index (χ2v) is 5.53. The minimum absolute atomic E-state index is 0.725. The van der Waals surface area contributed by atoms with Gasteiger partial charge in [0.1, 0.15) is 0 Å². The average Bonchev–Trinajstić information content (AvgIpc) is 2.61. The fourth-order valence-electron chi connectivity index (χ4n) is 2.89. The molecule has 1 fully saturated rings. The van der Waals surface area contributed by atoms with Crippen LogP contribution in [0.3, 0.4) is 0 Å². The van der Waals surface area contributed by atoms with E-state index in [4.69, 9.17) is 0 Å². The van der Waals surface area contributed by atoms with Crippen LogP contribution < -0.4 is 0 Å². The molecule has 2 aliphatic carbocycles. The second kappa shape index (κ2) is 3.62. The third-order valence-electron chi connectivity index (χ3n) is 3.61. The molecule has 2 atom stereocenters. The molecule has 0 amide bonds. The van der Waals surface area contributed by atoms with Crippen molar-refractivity contribution in [2.24, 2.45) is 11.8 Å². The van der Waals surface area contributed by atoms with Gasteiger partial charge in [0.2, 0.25) is 0 Å². The molecule has 1 heterocycles. The summed E-state index contributed by atoms with van der Waals surface area (Å²) in [5, 5.41) is 0. The Bertz CT molecular complexity index is 322. The largest absolute Gasteiger partial charge is 0.160 e. The Morgan fingerprint density at radius 1 is 1.21 bits per heavy atom. The highest BCUT2D eigenvalue weighted by atomic mass is 32.2. The van der Waals surface area contributed by atoms with Gasteiger partial charge in [-0.3, -0.25) is 0 Å². The van der Waals surface area contributed by atoms with E-state index in [1.54, 1.807) is 11.1 Å². The van der Waals surface area contributed by atoms with Gasteiger partial charge in [-0.25, -0.2) is 0 Å². The fraction of sp³-hybridized carbons (Fsp3) is 0.538. The van der Waals surface area contributed by atoms with Gasteiger partial charge in [0, 0.05) is 11.7 Å². The topological polar surface area (TPSA) is 0 Å². The fourth-order valence-corrected chi connectivity index (χ4v) is 4.23. The molecule has 3 aliphatic rings. The number of thioether (sulfide) groups is 1. The molecule has 0 aromatic heterocycles. The molecule has 0 aromatic carbocycles. The third-order valence-corrected chi connectivity index (χ3v) is 4.84. The molecule has 0 aromatic rings. The third kappa shape index (κ3) is 1.38. The lowest BCUT2D eigenvalue weighted by atomic mass is 9.88. The van der Waals surface area contributed by atoms with Crippen molar-refractivity contribution in [2.75, 3.05) is 11.5 Å². The summed E-state index contributed by atoms with van der Waals surface area (Å²) in [5.74, 6) is 4.31. The lowest BCUT2D eigenvalue weighted by Gasteiger charge is -2.17. The van der Waals surface area contributed by atoms with E-state index in [0.29, 0.717) is 0 Å². The summed E-state index contributed by atoms with van der Waals surface area (Å²) in [6.45, 7) is 0. The molecule has 0 radical (unpaired) electrons. The van der Waals surface area contributed by atoms with Crippen LogP contribution in [-0.4, -0.2) is 11.5 Å². The van der Waals surface area contributed by atoms with Crippen LogP contribution in [-0.2, 0) is 0 Å². The van der Waals surface area contributed by atoms with Crippen LogP contribution >= 0.6 is 11.8 Å². The lowest BCUT2D eigenvalue weighted by Crippen LogP contribution is -2.06. The van der Waals surface area contributed by atoms with Crippen molar-refractivity contribution in [3.8, 4) is 0 Å². The van der Waals surface area contributed by atoms with Crippen LogP contribution in [0.1, 0.15) is 19.3 Å². The molecule has 0 spiro atoms. The van der Waals surface area contributed by atoms with Crippen molar-refractivity contribution in [1.29, 1.82) is 0 Å². The maximum absolute atomic E-state index is 2.38. The summed E-state index contributed by atoms with van der Waals surface area (Å²) in [4.78, 5) is 0. The molecule has 2 unspecified atom stereocenters. The number of rotatable bonds is 0. The molecule has 0 saturated heterocycles. The van der Waals surface area contributed by atoms with E-state index < -0.39 is 0 Å². The molecule has 14 heavy (non-hydrogen) atoms. The normalized spacial score (nSPS) is 35.4.